The first-order valence-electron chi connectivity index (χ1n) is 12.4. The molecule has 0 spiro atoms. The average molecular weight is 403 g/mol. The molecule has 0 amide bonds. The Morgan fingerprint density at radius 2 is 1.11 bits per heavy atom. The summed E-state index contributed by atoms with van der Waals surface area (Å²) in [6, 6.07) is 0. The third-order valence-corrected chi connectivity index (χ3v) is 5.88. The van der Waals surface area contributed by atoms with Gasteiger partial charge >= 0.3 is 0 Å². The summed E-state index contributed by atoms with van der Waals surface area (Å²) in [5, 5.41) is 0. The van der Waals surface area contributed by atoms with Crippen LogP contribution in [0.15, 0.2) is 0 Å². The van der Waals surface area contributed by atoms with Crippen LogP contribution >= 0.6 is 0 Å². The van der Waals surface area contributed by atoms with E-state index < -0.39 is 0 Å². The first kappa shape index (κ1) is 27.8. The van der Waals surface area contributed by atoms with Crippen molar-refractivity contribution in [2.75, 3.05) is 27.0 Å². The Morgan fingerprint density at radius 1 is 0.643 bits per heavy atom. The fraction of sp³-hybridized carbons (Fsp3) is 1.00. The van der Waals surface area contributed by atoms with Crippen molar-refractivity contribution in [3.05, 3.63) is 0 Å². The predicted octanol–water partition coefficient (Wildman–Crippen LogP) is 8.42. The molecule has 0 bridgehead atoms. The van der Waals surface area contributed by atoms with E-state index in [4.69, 9.17) is 9.47 Å². The van der Waals surface area contributed by atoms with Gasteiger partial charge in [-0.05, 0) is 26.2 Å². The quantitative estimate of drug-likeness (QED) is 0.160. The predicted molar refractivity (Wildman–Crippen MR) is 121 cm³/mol. The van der Waals surface area contributed by atoms with Crippen molar-refractivity contribution in [3.63, 3.8) is 0 Å². The molecule has 0 aliphatic heterocycles. The second-order valence-corrected chi connectivity index (χ2v) is 8.80. The third kappa shape index (κ3) is 19.2. The smallest absolute Gasteiger partial charge is 0.0894 e. The molecule has 0 rings (SSSR count). The van der Waals surface area contributed by atoms with Crippen molar-refractivity contribution in [1.29, 1.82) is 0 Å². The zero-order valence-corrected chi connectivity index (χ0v) is 19.5. The second kappa shape index (κ2) is 21.6. The molecule has 0 N–H and O–H groups in total. The molecule has 0 saturated heterocycles. The Labute approximate surface area is 176 Å². The molecule has 0 heterocycles. The van der Waals surface area contributed by atoms with Crippen molar-refractivity contribution < 1.29 is 13.9 Å². The van der Waals surface area contributed by atoms with Crippen LogP contribution in [-0.2, 0) is 9.47 Å². The van der Waals surface area contributed by atoms with Crippen LogP contribution in [0.4, 0.5) is 4.39 Å². The maximum Gasteiger partial charge on any atom is 0.0894 e. The minimum absolute atomic E-state index is 0.138. The van der Waals surface area contributed by atoms with Crippen molar-refractivity contribution in [3.8, 4) is 0 Å². The summed E-state index contributed by atoms with van der Waals surface area (Å²) in [5.41, 5.74) is -0.138. The van der Waals surface area contributed by atoms with E-state index in [1.807, 2.05) is 7.11 Å². The lowest BCUT2D eigenvalue weighted by molar-refractivity contribution is -0.0696. The van der Waals surface area contributed by atoms with Gasteiger partial charge < -0.3 is 9.47 Å². The van der Waals surface area contributed by atoms with Crippen LogP contribution in [0.3, 0.4) is 0 Å². The van der Waals surface area contributed by atoms with Gasteiger partial charge in [0.25, 0.3) is 0 Å². The standard InChI is InChI=1S/C25H51FO2/c1-4-5-6-7-8-9-10-11-12-15-18-21-25(2,27-3)24-28-23-20-17-14-13-16-19-22-26/h4-24H2,1-3H3. The van der Waals surface area contributed by atoms with Gasteiger partial charge in [-0.15, -0.1) is 0 Å². The summed E-state index contributed by atoms with van der Waals surface area (Å²) in [5.74, 6) is 0. The Morgan fingerprint density at radius 3 is 1.61 bits per heavy atom. The van der Waals surface area contributed by atoms with Crippen LogP contribution in [-0.4, -0.2) is 32.6 Å². The molecule has 0 radical (unpaired) electrons. The Hall–Kier alpha value is -0.150. The maximum atomic E-state index is 12.0. The van der Waals surface area contributed by atoms with E-state index >= 15 is 0 Å². The molecule has 0 aromatic carbocycles. The molecule has 0 aliphatic carbocycles. The number of halogens is 1. The van der Waals surface area contributed by atoms with Gasteiger partial charge in [0.1, 0.15) is 0 Å². The molecule has 1 atom stereocenters. The van der Waals surface area contributed by atoms with Crippen LogP contribution in [0, 0.1) is 0 Å². The Kier molecular flexibility index (Phi) is 21.4. The van der Waals surface area contributed by atoms with E-state index in [1.54, 1.807) is 0 Å². The van der Waals surface area contributed by atoms with Gasteiger partial charge in [0.15, 0.2) is 0 Å². The molecule has 0 aromatic heterocycles. The fourth-order valence-electron chi connectivity index (χ4n) is 3.69. The first-order valence-corrected chi connectivity index (χ1v) is 12.4. The summed E-state index contributed by atoms with van der Waals surface area (Å²) in [7, 11) is 1.81. The van der Waals surface area contributed by atoms with Crippen LogP contribution in [0.5, 0.6) is 0 Å². The monoisotopic (exact) mass is 402 g/mol. The maximum absolute atomic E-state index is 12.0. The van der Waals surface area contributed by atoms with E-state index in [0.29, 0.717) is 6.61 Å². The van der Waals surface area contributed by atoms with Crippen LogP contribution in [0.25, 0.3) is 0 Å². The zero-order chi connectivity index (χ0) is 20.8. The first-order chi connectivity index (χ1) is 13.7. The lowest BCUT2D eigenvalue weighted by Crippen LogP contribution is -2.33. The molecular weight excluding hydrogens is 351 g/mol. The SMILES string of the molecule is CCCCCCCCCCCCCC(C)(COCCCCCCCCF)OC. The fourth-order valence-corrected chi connectivity index (χ4v) is 3.69. The van der Waals surface area contributed by atoms with Crippen molar-refractivity contribution in [2.24, 2.45) is 0 Å². The number of alkyl halides is 1. The number of unbranched alkanes of at least 4 members (excludes halogenated alkanes) is 15. The third-order valence-electron chi connectivity index (χ3n) is 5.88. The van der Waals surface area contributed by atoms with E-state index in [1.165, 1.54) is 83.5 Å². The summed E-state index contributed by atoms with van der Waals surface area (Å²) in [6.45, 7) is 5.81. The summed E-state index contributed by atoms with van der Waals surface area (Å²) < 4.78 is 23.6. The van der Waals surface area contributed by atoms with Crippen LogP contribution in [0.2, 0.25) is 0 Å². The summed E-state index contributed by atoms with van der Waals surface area (Å²) >= 11 is 0. The topological polar surface area (TPSA) is 18.5 Å². The van der Waals surface area contributed by atoms with E-state index in [2.05, 4.69) is 13.8 Å². The van der Waals surface area contributed by atoms with Gasteiger partial charge in [0.2, 0.25) is 0 Å². The molecule has 0 saturated carbocycles. The molecular formula is C25H51FO2. The van der Waals surface area contributed by atoms with Crippen LogP contribution in [0.1, 0.15) is 129 Å². The highest BCUT2D eigenvalue weighted by Gasteiger charge is 2.23. The highest BCUT2D eigenvalue weighted by Crippen LogP contribution is 2.20. The number of hydrogen-bond acceptors (Lipinski definition) is 2. The molecule has 0 fully saturated rings. The highest BCUT2D eigenvalue weighted by molar-refractivity contribution is 4.74. The molecule has 170 valence electrons. The lowest BCUT2D eigenvalue weighted by Gasteiger charge is -2.28. The van der Waals surface area contributed by atoms with Gasteiger partial charge in [0.05, 0.1) is 18.9 Å². The number of hydrogen-bond donors (Lipinski definition) is 0. The zero-order valence-electron chi connectivity index (χ0n) is 19.5. The molecule has 2 nitrogen and oxygen atoms in total. The van der Waals surface area contributed by atoms with Gasteiger partial charge in [0, 0.05) is 13.7 Å². The highest BCUT2D eigenvalue weighted by atomic mass is 19.1. The van der Waals surface area contributed by atoms with Crippen LogP contribution < -0.4 is 0 Å². The summed E-state index contributed by atoms with van der Waals surface area (Å²) in [6.07, 6.45) is 22.6. The number of ether oxygens (including phenoxy) is 2. The average Bonchev–Trinajstić information content (AvgIpc) is 2.71. The normalized spacial score (nSPS) is 13.7. The second-order valence-electron chi connectivity index (χ2n) is 8.80. The van der Waals surface area contributed by atoms with Gasteiger partial charge in [-0.3, -0.25) is 4.39 Å². The Balaban J connectivity index is 3.46. The van der Waals surface area contributed by atoms with Crippen molar-refractivity contribution >= 4 is 0 Å². The van der Waals surface area contributed by atoms with E-state index in [-0.39, 0.29) is 12.3 Å². The largest absolute Gasteiger partial charge is 0.378 e. The minimum atomic E-state index is -0.169. The van der Waals surface area contributed by atoms with Crippen molar-refractivity contribution in [2.45, 2.75) is 135 Å². The van der Waals surface area contributed by atoms with E-state index in [9.17, 15) is 4.39 Å². The van der Waals surface area contributed by atoms with Gasteiger partial charge in [-0.2, -0.15) is 0 Å². The minimum Gasteiger partial charge on any atom is -0.378 e. The molecule has 0 aliphatic rings. The molecule has 1 unspecified atom stereocenters. The lowest BCUT2D eigenvalue weighted by atomic mass is 9.98. The molecule has 3 heteroatoms. The van der Waals surface area contributed by atoms with E-state index in [0.717, 1.165) is 38.7 Å². The van der Waals surface area contributed by atoms with Crippen molar-refractivity contribution in [1.82, 2.24) is 0 Å². The molecule has 0 aromatic rings. The number of rotatable bonds is 23. The number of methoxy groups -OCH3 is 1. The Bertz CT molecular complexity index is 298. The van der Waals surface area contributed by atoms with Gasteiger partial charge in [-0.25, -0.2) is 0 Å². The molecule has 28 heavy (non-hydrogen) atoms. The van der Waals surface area contributed by atoms with Gasteiger partial charge in [-0.1, -0.05) is 103 Å². The summed E-state index contributed by atoms with van der Waals surface area (Å²) in [4.78, 5) is 0.